The first-order valence-electron chi connectivity index (χ1n) is 7.34. The van der Waals surface area contributed by atoms with E-state index in [0.717, 1.165) is 43.9 Å². The number of rotatable bonds is 3. The molecule has 0 radical (unpaired) electrons. The Hall–Kier alpha value is -1.29. The van der Waals surface area contributed by atoms with Gasteiger partial charge in [0.2, 0.25) is 0 Å². The molecular formula is C16H19F2NO. The van der Waals surface area contributed by atoms with Crippen molar-refractivity contribution in [1.29, 1.82) is 0 Å². The molecule has 0 aromatic heterocycles. The highest BCUT2D eigenvalue weighted by Crippen LogP contribution is 2.31. The maximum absolute atomic E-state index is 13.6. The number of ketones is 1. The largest absolute Gasteiger partial charge is 0.311 e. The predicted octanol–water partition coefficient (Wildman–Crippen LogP) is 3.00. The average molecular weight is 279 g/mol. The molecule has 3 rings (SSSR count). The van der Waals surface area contributed by atoms with Crippen molar-refractivity contribution in [1.82, 2.24) is 5.32 Å². The second-order valence-electron chi connectivity index (χ2n) is 6.04. The van der Waals surface area contributed by atoms with Crippen molar-refractivity contribution in [3.63, 3.8) is 0 Å². The topological polar surface area (TPSA) is 29.1 Å². The summed E-state index contributed by atoms with van der Waals surface area (Å²) in [5, 5.41) is 3.54. The van der Waals surface area contributed by atoms with Gasteiger partial charge in [-0.15, -0.1) is 0 Å². The second kappa shape index (κ2) is 5.60. The summed E-state index contributed by atoms with van der Waals surface area (Å²) in [4.78, 5) is 12.3. The van der Waals surface area contributed by atoms with Crippen LogP contribution >= 0.6 is 0 Å². The number of halogens is 2. The third-order valence-corrected chi connectivity index (χ3v) is 4.54. The highest BCUT2D eigenvalue weighted by atomic mass is 19.1. The van der Waals surface area contributed by atoms with Gasteiger partial charge in [-0.2, -0.15) is 0 Å². The lowest BCUT2D eigenvalue weighted by molar-refractivity contribution is -0.124. The van der Waals surface area contributed by atoms with Crippen LogP contribution in [0.5, 0.6) is 0 Å². The van der Waals surface area contributed by atoms with Gasteiger partial charge in [-0.3, -0.25) is 4.79 Å². The summed E-state index contributed by atoms with van der Waals surface area (Å²) in [6, 6.07) is 4.16. The lowest BCUT2D eigenvalue weighted by atomic mass is 9.77. The van der Waals surface area contributed by atoms with Crippen LogP contribution in [0.4, 0.5) is 8.78 Å². The molecule has 1 N–H and O–H groups in total. The Labute approximate surface area is 117 Å². The van der Waals surface area contributed by atoms with Crippen LogP contribution in [0.1, 0.15) is 37.7 Å². The van der Waals surface area contributed by atoms with Crippen LogP contribution in [0.3, 0.4) is 0 Å². The van der Waals surface area contributed by atoms with Crippen LogP contribution in [0.15, 0.2) is 18.2 Å². The van der Waals surface area contributed by atoms with Crippen molar-refractivity contribution in [3.8, 4) is 0 Å². The van der Waals surface area contributed by atoms with E-state index in [9.17, 15) is 13.6 Å². The minimum atomic E-state index is -0.492. The van der Waals surface area contributed by atoms with E-state index >= 15 is 0 Å². The van der Waals surface area contributed by atoms with Crippen LogP contribution < -0.4 is 5.32 Å². The molecule has 2 saturated heterocycles. The highest BCUT2D eigenvalue weighted by molar-refractivity contribution is 5.83. The van der Waals surface area contributed by atoms with Gasteiger partial charge in [-0.1, -0.05) is 6.42 Å². The lowest BCUT2D eigenvalue weighted by Crippen LogP contribution is -2.50. The molecule has 20 heavy (non-hydrogen) atoms. The van der Waals surface area contributed by atoms with Gasteiger partial charge >= 0.3 is 0 Å². The quantitative estimate of drug-likeness (QED) is 0.921. The van der Waals surface area contributed by atoms with E-state index < -0.39 is 11.6 Å². The van der Waals surface area contributed by atoms with E-state index in [1.54, 1.807) is 0 Å². The maximum atomic E-state index is 13.6. The number of hydrogen-bond acceptors (Lipinski definition) is 2. The standard InChI is InChI=1S/C16H19F2NO/c17-12-4-5-15(18)10(6-12)9-16(20)11-7-13-2-1-3-14(8-11)19-13/h4-6,11,13-14,19H,1-3,7-9H2. The second-order valence-corrected chi connectivity index (χ2v) is 6.04. The van der Waals surface area contributed by atoms with Crippen molar-refractivity contribution < 1.29 is 13.6 Å². The first kappa shape index (κ1) is 13.7. The Bertz CT molecular complexity index is 505. The van der Waals surface area contributed by atoms with E-state index in [0.29, 0.717) is 12.1 Å². The molecule has 0 spiro atoms. The molecule has 108 valence electrons. The van der Waals surface area contributed by atoms with Gasteiger partial charge in [-0.25, -0.2) is 8.78 Å². The summed E-state index contributed by atoms with van der Waals surface area (Å²) in [7, 11) is 0. The lowest BCUT2D eigenvalue weighted by Gasteiger charge is -2.39. The first-order chi connectivity index (χ1) is 9.61. The molecule has 2 aliphatic rings. The van der Waals surface area contributed by atoms with Gasteiger partial charge in [0.1, 0.15) is 17.4 Å². The molecule has 2 bridgehead atoms. The molecule has 2 aliphatic heterocycles. The van der Waals surface area contributed by atoms with Crippen molar-refractivity contribution in [2.45, 2.75) is 50.6 Å². The fourth-order valence-corrected chi connectivity index (χ4v) is 3.54. The van der Waals surface area contributed by atoms with Crippen LogP contribution in [-0.4, -0.2) is 17.9 Å². The Morgan fingerprint density at radius 2 is 1.90 bits per heavy atom. The summed E-state index contributed by atoms with van der Waals surface area (Å²) >= 11 is 0. The van der Waals surface area contributed by atoms with Crippen LogP contribution in [0.25, 0.3) is 0 Å². The van der Waals surface area contributed by atoms with Gasteiger partial charge in [0, 0.05) is 24.4 Å². The Kier molecular flexibility index (Phi) is 3.83. The number of carbonyl (C=O) groups excluding carboxylic acids is 1. The summed E-state index contributed by atoms with van der Waals surface area (Å²) in [5.74, 6) is -0.938. The Morgan fingerprint density at radius 3 is 2.60 bits per heavy atom. The van der Waals surface area contributed by atoms with Crippen molar-refractivity contribution in [3.05, 3.63) is 35.4 Å². The molecule has 2 fully saturated rings. The SMILES string of the molecule is O=C(Cc1cc(F)ccc1F)C1CC2CCCC(C1)N2. The van der Waals surface area contributed by atoms with Gasteiger partial charge < -0.3 is 5.32 Å². The van der Waals surface area contributed by atoms with E-state index in [1.165, 1.54) is 6.42 Å². The van der Waals surface area contributed by atoms with Gasteiger partial charge in [0.15, 0.2) is 0 Å². The molecule has 2 unspecified atom stereocenters. The van der Waals surface area contributed by atoms with Gasteiger partial charge in [-0.05, 0) is 49.4 Å². The molecule has 2 heterocycles. The molecule has 1 aromatic carbocycles. The fourth-order valence-electron chi connectivity index (χ4n) is 3.54. The van der Waals surface area contributed by atoms with E-state index in [1.807, 2.05) is 0 Å². The van der Waals surface area contributed by atoms with Crippen molar-refractivity contribution in [2.75, 3.05) is 0 Å². The predicted molar refractivity (Wildman–Crippen MR) is 72.4 cm³/mol. The normalized spacial score (nSPS) is 29.2. The fraction of sp³-hybridized carbons (Fsp3) is 0.562. The summed E-state index contributed by atoms with van der Waals surface area (Å²) < 4.78 is 26.7. The number of hydrogen-bond donors (Lipinski definition) is 1. The van der Waals surface area contributed by atoms with Crippen LogP contribution in [-0.2, 0) is 11.2 Å². The smallest absolute Gasteiger partial charge is 0.140 e. The molecule has 2 nitrogen and oxygen atoms in total. The number of benzene rings is 1. The van der Waals surface area contributed by atoms with Crippen molar-refractivity contribution >= 4 is 5.78 Å². The van der Waals surface area contributed by atoms with Crippen molar-refractivity contribution in [2.24, 2.45) is 5.92 Å². The molecule has 4 heteroatoms. The number of nitrogens with one attached hydrogen (secondary N) is 1. The monoisotopic (exact) mass is 279 g/mol. The number of fused-ring (bicyclic) bond motifs is 2. The average Bonchev–Trinajstić information content (AvgIpc) is 2.42. The zero-order chi connectivity index (χ0) is 14.1. The van der Waals surface area contributed by atoms with E-state index in [4.69, 9.17) is 0 Å². The zero-order valence-electron chi connectivity index (χ0n) is 11.4. The number of carbonyl (C=O) groups is 1. The van der Waals surface area contributed by atoms with E-state index in [2.05, 4.69) is 5.32 Å². The third-order valence-electron chi connectivity index (χ3n) is 4.54. The first-order valence-corrected chi connectivity index (χ1v) is 7.34. The van der Waals surface area contributed by atoms with Gasteiger partial charge in [0.25, 0.3) is 0 Å². The van der Waals surface area contributed by atoms with E-state index in [-0.39, 0.29) is 23.7 Å². The molecule has 0 amide bonds. The summed E-state index contributed by atoms with van der Waals surface area (Å²) in [6.45, 7) is 0. The summed E-state index contributed by atoms with van der Waals surface area (Å²) in [6.07, 6.45) is 5.15. The zero-order valence-corrected chi connectivity index (χ0v) is 11.4. The molecular weight excluding hydrogens is 260 g/mol. The molecule has 0 aliphatic carbocycles. The minimum absolute atomic E-state index is 0.00535. The minimum Gasteiger partial charge on any atom is -0.311 e. The molecule has 0 saturated carbocycles. The maximum Gasteiger partial charge on any atom is 0.140 e. The Balaban J connectivity index is 1.68. The van der Waals surface area contributed by atoms with Gasteiger partial charge in [0.05, 0.1) is 0 Å². The number of Topliss-reactive ketones (excluding diaryl/α,β-unsaturated/α-hetero) is 1. The Morgan fingerprint density at radius 1 is 1.20 bits per heavy atom. The summed E-state index contributed by atoms with van der Waals surface area (Å²) in [5.41, 5.74) is 0.179. The third kappa shape index (κ3) is 2.90. The molecule has 1 aromatic rings. The highest BCUT2D eigenvalue weighted by Gasteiger charge is 2.34. The number of piperidine rings is 2. The molecule has 2 atom stereocenters. The van der Waals surface area contributed by atoms with Crippen LogP contribution in [0.2, 0.25) is 0 Å². The van der Waals surface area contributed by atoms with Crippen LogP contribution in [0, 0.1) is 17.6 Å².